The van der Waals surface area contributed by atoms with E-state index in [1.165, 1.54) is 6.07 Å². The van der Waals surface area contributed by atoms with Gasteiger partial charge in [0.1, 0.15) is 0 Å². The quantitative estimate of drug-likeness (QED) is 0.613. The lowest BCUT2D eigenvalue weighted by Gasteiger charge is -2.20. The molecule has 7 nitrogen and oxygen atoms in total. The van der Waals surface area contributed by atoms with Gasteiger partial charge in [0, 0.05) is 30.2 Å². The number of nitrogens with zero attached hydrogens (tertiary/aromatic N) is 2. The molecular formula is C22H18N3O4-. The number of nitrogens with one attached hydrogen (secondary N) is 1. The molecular weight excluding hydrogens is 370 g/mol. The Morgan fingerprint density at radius 1 is 1.14 bits per heavy atom. The van der Waals surface area contributed by atoms with Crippen molar-refractivity contribution in [1.82, 2.24) is 4.98 Å². The van der Waals surface area contributed by atoms with Crippen molar-refractivity contribution in [1.29, 1.82) is 0 Å². The highest BCUT2D eigenvalue weighted by atomic mass is 16.4. The molecule has 2 amide bonds. The van der Waals surface area contributed by atoms with Crippen molar-refractivity contribution in [2.24, 2.45) is 23.7 Å². The Bertz CT molecular complexity index is 1020. The molecule has 1 N–H and O–H groups in total. The molecule has 3 aliphatic rings. The second kappa shape index (κ2) is 6.55. The SMILES string of the molecule is O=C([O-])c1cc(N2C(=O)[C@@H]3[C@H](C2=O)[C@H]2C=C[C@H]3C2)ccc1NCc1cccnc1. The van der Waals surface area contributed by atoms with E-state index in [0.717, 1.165) is 16.9 Å². The van der Waals surface area contributed by atoms with Crippen molar-refractivity contribution < 1.29 is 19.5 Å². The van der Waals surface area contributed by atoms with Crippen molar-refractivity contribution in [3.63, 3.8) is 0 Å². The molecule has 1 aromatic heterocycles. The van der Waals surface area contributed by atoms with Gasteiger partial charge in [-0.1, -0.05) is 18.2 Å². The third-order valence-electron chi connectivity index (χ3n) is 6.16. The number of aromatic carboxylic acids is 1. The zero-order valence-corrected chi connectivity index (χ0v) is 15.4. The van der Waals surface area contributed by atoms with Crippen molar-refractivity contribution in [2.45, 2.75) is 13.0 Å². The summed E-state index contributed by atoms with van der Waals surface area (Å²) >= 11 is 0. The average Bonchev–Trinajstić information content (AvgIpc) is 3.41. The summed E-state index contributed by atoms with van der Waals surface area (Å²) in [7, 11) is 0. The lowest BCUT2D eigenvalue weighted by atomic mass is 9.85. The van der Waals surface area contributed by atoms with Crippen molar-refractivity contribution in [3.8, 4) is 0 Å². The van der Waals surface area contributed by atoms with E-state index in [0.29, 0.717) is 12.2 Å². The summed E-state index contributed by atoms with van der Waals surface area (Å²) in [4.78, 5) is 42.8. The largest absolute Gasteiger partial charge is 0.545 e. The number of imide groups is 1. The number of hydrogen-bond donors (Lipinski definition) is 1. The summed E-state index contributed by atoms with van der Waals surface area (Å²) < 4.78 is 0. The first-order valence-electron chi connectivity index (χ1n) is 9.59. The number of carboxylic acids is 1. The van der Waals surface area contributed by atoms with Crippen LogP contribution in [0.4, 0.5) is 11.4 Å². The molecule has 2 fully saturated rings. The predicted molar refractivity (Wildman–Crippen MR) is 103 cm³/mol. The van der Waals surface area contributed by atoms with E-state index >= 15 is 0 Å². The summed E-state index contributed by atoms with van der Waals surface area (Å²) in [5, 5.41) is 14.8. The van der Waals surface area contributed by atoms with Crippen molar-refractivity contribution in [2.75, 3.05) is 10.2 Å². The number of carbonyl (C=O) groups excluding carboxylic acids is 3. The Kier molecular flexibility index (Phi) is 3.97. The maximum Gasteiger partial charge on any atom is 0.238 e. The van der Waals surface area contributed by atoms with E-state index in [2.05, 4.69) is 10.3 Å². The number of aromatic nitrogens is 1. The Morgan fingerprint density at radius 3 is 2.48 bits per heavy atom. The predicted octanol–water partition coefficient (Wildman–Crippen LogP) is 1.37. The fourth-order valence-corrected chi connectivity index (χ4v) is 4.85. The number of fused-ring (bicyclic) bond motifs is 5. The monoisotopic (exact) mass is 388 g/mol. The Hall–Kier alpha value is -3.48. The van der Waals surface area contributed by atoms with Gasteiger partial charge in [-0.3, -0.25) is 14.6 Å². The standard InChI is InChI=1S/C22H19N3O4/c26-20-18-13-3-4-14(8-13)19(18)21(27)25(20)15-5-6-17(16(9-15)22(28)29)24-11-12-2-1-7-23-10-12/h1-7,9-10,13-14,18-19,24H,8,11H2,(H,28,29)/p-1/t13-,14-,18-,19+/m0/s1. The molecule has 5 rings (SSSR count). The first kappa shape index (κ1) is 17.6. The van der Waals surface area contributed by atoms with Gasteiger partial charge in [-0.25, -0.2) is 4.90 Å². The van der Waals surface area contributed by atoms with Gasteiger partial charge in [0.25, 0.3) is 0 Å². The number of carboxylic acid groups (broad SMARTS) is 1. The van der Waals surface area contributed by atoms with Crippen LogP contribution in [0.1, 0.15) is 22.3 Å². The number of hydrogen-bond acceptors (Lipinski definition) is 6. The van der Waals surface area contributed by atoms with E-state index in [1.54, 1.807) is 30.6 Å². The van der Waals surface area contributed by atoms with Crippen LogP contribution in [0, 0.1) is 23.7 Å². The number of amides is 2. The fraction of sp³-hybridized carbons (Fsp3) is 0.273. The molecule has 1 saturated heterocycles. The topological polar surface area (TPSA) is 102 Å². The van der Waals surface area contributed by atoms with Gasteiger partial charge in [-0.15, -0.1) is 0 Å². The molecule has 2 bridgehead atoms. The second-order valence-electron chi connectivity index (χ2n) is 7.74. The maximum absolute atomic E-state index is 13.0. The van der Waals surface area contributed by atoms with Crippen LogP contribution in [0.3, 0.4) is 0 Å². The summed E-state index contributed by atoms with van der Waals surface area (Å²) in [5.41, 5.74) is 1.44. The Morgan fingerprint density at radius 2 is 1.86 bits per heavy atom. The van der Waals surface area contributed by atoms with Crippen molar-refractivity contribution in [3.05, 3.63) is 66.0 Å². The van der Waals surface area contributed by atoms with Crippen LogP contribution in [-0.2, 0) is 16.1 Å². The third kappa shape index (κ3) is 2.73. The molecule has 0 unspecified atom stereocenters. The molecule has 0 spiro atoms. The molecule has 1 saturated carbocycles. The molecule has 4 atom stereocenters. The number of pyridine rings is 1. The zero-order valence-electron chi connectivity index (χ0n) is 15.4. The summed E-state index contributed by atoms with van der Waals surface area (Å²) in [6, 6.07) is 8.18. The van der Waals surface area contributed by atoms with E-state index in [9.17, 15) is 19.5 Å². The van der Waals surface area contributed by atoms with Gasteiger partial charge < -0.3 is 15.2 Å². The highest BCUT2D eigenvalue weighted by molar-refractivity contribution is 6.23. The number of anilines is 2. The molecule has 2 heterocycles. The molecule has 2 aromatic rings. The van der Waals surface area contributed by atoms with E-state index in [1.807, 2.05) is 18.2 Å². The van der Waals surface area contributed by atoms with Crippen molar-refractivity contribution >= 4 is 29.2 Å². The summed E-state index contributed by atoms with van der Waals surface area (Å²) in [5.74, 6) is -2.30. The van der Waals surface area contributed by atoms with Crippen LogP contribution in [0.2, 0.25) is 0 Å². The van der Waals surface area contributed by atoms with Crippen LogP contribution >= 0.6 is 0 Å². The average molecular weight is 388 g/mol. The van der Waals surface area contributed by atoms with Gasteiger partial charge in [-0.05, 0) is 48.1 Å². The lowest BCUT2D eigenvalue weighted by molar-refractivity contribution is -0.254. The minimum absolute atomic E-state index is 0.0925. The fourth-order valence-electron chi connectivity index (χ4n) is 4.85. The van der Waals surface area contributed by atoms with E-state index < -0.39 is 5.97 Å². The first-order chi connectivity index (χ1) is 14.0. The van der Waals surface area contributed by atoms with Gasteiger partial charge in [0.05, 0.1) is 23.5 Å². The van der Waals surface area contributed by atoms with Gasteiger partial charge in [0.2, 0.25) is 11.8 Å². The highest BCUT2D eigenvalue weighted by Gasteiger charge is 2.59. The van der Waals surface area contributed by atoms with E-state index in [-0.39, 0.29) is 46.7 Å². The normalized spacial score (nSPS) is 26.8. The van der Waals surface area contributed by atoms with Gasteiger partial charge >= 0.3 is 0 Å². The minimum Gasteiger partial charge on any atom is -0.545 e. The number of rotatable bonds is 5. The molecule has 1 aliphatic heterocycles. The van der Waals surface area contributed by atoms with Crippen LogP contribution in [0.5, 0.6) is 0 Å². The Labute approximate surface area is 167 Å². The Balaban J connectivity index is 1.43. The lowest BCUT2D eigenvalue weighted by Crippen LogP contribution is -2.33. The van der Waals surface area contributed by atoms with Crippen LogP contribution in [0.15, 0.2) is 54.9 Å². The van der Waals surface area contributed by atoms with E-state index in [4.69, 9.17) is 0 Å². The number of allylic oxidation sites excluding steroid dienone is 2. The first-order valence-corrected chi connectivity index (χ1v) is 9.59. The minimum atomic E-state index is -1.37. The second-order valence-corrected chi connectivity index (χ2v) is 7.74. The highest BCUT2D eigenvalue weighted by Crippen LogP contribution is 2.53. The molecule has 29 heavy (non-hydrogen) atoms. The van der Waals surface area contributed by atoms with Crippen LogP contribution < -0.4 is 15.3 Å². The molecule has 7 heteroatoms. The molecule has 0 radical (unpaired) electrons. The van der Waals surface area contributed by atoms with Crippen LogP contribution in [0.25, 0.3) is 0 Å². The number of carbonyl (C=O) groups is 3. The van der Waals surface area contributed by atoms with Gasteiger partial charge in [-0.2, -0.15) is 0 Å². The summed E-state index contributed by atoms with van der Waals surface area (Å²) in [6.45, 7) is 0.383. The van der Waals surface area contributed by atoms with Gasteiger partial charge in [0.15, 0.2) is 0 Å². The molecule has 1 aromatic carbocycles. The zero-order chi connectivity index (χ0) is 20.1. The molecule has 2 aliphatic carbocycles. The van der Waals surface area contributed by atoms with Crippen LogP contribution in [-0.4, -0.2) is 22.8 Å². The smallest absolute Gasteiger partial charge is 0.238 e. The molecule has 146 valence electrons. The maximum atomic E-state index is 13.0. The number of benzene rings is 1. The summed E-state index contributed by atoms with van der Waals surface area (Å²) in [6.07, 6.45) is 8.24. The third-order valence-corrected chi connectivity index (χ3v) is 6.16.